The second kappa shape index (κ2) is 10.9. The van der Waals surface area contributed by atoms with Crippen molar-refractivity contribution in [2.45, 2.75) is 45.3 Å². The van der Waals surface area contributed by atoms with E-state index in [-0.39, 0.29) is 41.8 Å². The molecule has 1 fully saturated rings. The molecule has 0 radical (unpaired) electrons. The van der Waals surface area contributed by atoms with Crippen molar-refractivity contribution in [2.75, 3.05) is 34.9 Å². The minimum Gasteiger partial charge on any atom is -0.350 e. The number of hydrogen-bond donors (Lipinski definition) is 3. The summed E-state index contributed by atoms with van der Waals surface area (Å²) in [7, 11) is 0. The second-order valence-corrected chi connectivity index (χ2v) is 8.44. The lowest BCUT2D eigenvalue weighted by Gasteiger charge is -2.32. The number of piperidine rings is 1. The maximum atomic E-state index is 13.7. The molecule has 0 bridgehead atoms. The monoisotopic (exact) mass is 498 g/mol. The summed E-state index contributed by atoms with van der Waals surface area (Å²) in [5.74, 6) is -0.768. The molecular formula is C22H26ClF3N6O2. The zero-order valence-electron chi connectivity index (χ0n) is 18.8. The van der Waals surface area contributed by atoms with Crippen LogP contribution in [-0.4, -0.2) is 51.7 Å². The Bertz CT molecular complexity index is 1050. The smallest absolute Gasteiger partial charge is 0.350 e. The molecule has 34 heavy (non-hydrogen) atoms. The Morgan fingerprint density at radius 1 is 1.26 bits per heavy atom. The normalized spacial score (nSPS) is 16.2. The molecule has 3 N–H and O–H groups in total. The molecule has 3 rings (SSSR count). The number of carbonyl (C=O) groups is 2. The van der Waals surface area contributed by atoms with Crippen LogP contribution in [0, 0.1) is 6.92 Å². The number of alkyl halides is 4. The summed E-state index contributed by atoms with van der Waals surface area (Å²) in [5.41, 5.74) is 0.302. The number of nitrogens with zero attached hydrogens (tertiary/aromatic N) is 3. The third-order valence-corrected chi connectivity index (χ3v) is 5.51. The van der Waals surface area contributed by atoms with Crippen LogP contribution in [0.25, 0.3) is 0 Å². The fourth-order valence-electron chi connectivity index (χ4n) is 3.61. The number of amides is 2. The standard InChI is InChI=1S/C22H26ClF3N6O2/c1-13-5-6-17(18(10-13)29-19(34)7-8-23)30-20-16(22(24,25)26)11-27-21(31-20)28-15-4-3-9-32(12-15)14(2)33/h5-6,10-11,15H,3-4,7-9,12H2,1-2H3,(H,29,34)(H2,27,28,30,31)/t15-/m0/s1. The van der Waals surface area contributed by atoms with Gasteiger partial charge in [-0.05, 0) is 37.5 Å². The van der Waals surface area contributed by atoms with Crippen LogP contribution in [-0.2, 0) is 15.8 Å². The fourth-order valence-corrected chi connectivity index (χ4v) is 3.79. The molecule has 12 heteroatoms. The molecule has 2 heterocycles. The van der Waals surface area contributed by atoms with E-state index in [2.05, 4.69) is 25.9 Å². The average molecular weight is 499 g/mol. The first-order chi connectivity index (χ1) is 16.1. The van der Waals surface area contributed by atoms with Crippen molar-refractivity contribution in [3.8, 4) is 0 Å². The van der Waals surface area contributed by atoms with E-state index in [0.29, 0.717) is 25.0 Å². The van der Waals surface area contributed by atoms with E-state index in [1.54, 1.807) is 30.0 Å². The Labute approximate surface area is 200 Å². The minimum atomic E-state index is -4.70. The van der Waals surface area contributed by atoms with Crippen molar-refractivity contribution < 1.29 is 22.8 Å². The molecule has 2 aromatic rings. The van der Waals surface area contributed by atoms with Crippen molar-refractivity contribution in [1.29, 1.82) is 0 Å². The largest absolute Gasteiger partial charge is 0.421 e. The van der Waals surface area contributed by atoms with E-state index in [1.165, 1.54) is 6.92 Å². The molecule has 0 unspecified atom stereocenters. The van der Waals surface area contributed by atoms with Crippen molar-refractivity contribution in [3.05, 3.63) is 35.5 Å². The highest BCUT2D eigenvalue weighted by atomic mass is 35.5. The van der Waals surface area contributed by atoms with Crippen LogP contribution in [0.4, 0.5) is 36.3 Å². The number of halogens is 4. The summed E-state index contributed by atoms with van der Waals surface area (Å²) in [4.78, 5) is 33.3. The number of carbonyl (C=O) groups excluding carboxylic acids is 2. The van der Waals surface area contributed by atoms with Crippen molar-refractivity contribution in [2.24, 2.45) is 0 Å². The van der Waals surface area contributed by atoms with Gasteiger partial charge >= 0.3 is 6.18 Å². The minimum absolute atomic E-state index is 0.00531. The topological polar surface area (TPSA) is 99.3 Å². The summed E-state index contributed by atoms with van der Waals surface area (Å²) in [5, 5.41) is 8.40. The number of rotatable bonds is 7. The van der Waals surface area contributed by atoms with E-state index in [4.69, 9.17) is 11.6 Å². The number of likely N-dealkylation sites (tertiary alicyclic amines) is 1. The van der Waals surface area contributed by atoms with E-state index in [0.717, 1.165) is 18.4 Å². The Kier molecular flexibility index (Phi) is 8.19. The van der Waals surface area contributed by atoms with Crippen LogP contribution in [0.3, 0.4) is 0 Å². The maximum Gasteiger partial charge on any atom is 0.421 e. The summed E-state index contributed by atoms with van der Waals surface area (Å²) < 4.78 is 41.1. The van der Waals surface area contributed by atoms with Gasteiger partial charge in [0.25, 0.3) is 0 Å². The van der Waals surface area contributed by atoms with Gasteiger partial charge in [0.1, 0.15) is 11.4 Å². The van der Waals surface area contributed by atoms with Gasteiger partial charge in [0.15, 0.2) is 0 Å². The quantitative estimate of drug-likeness (QED) is 0.485. The highest BCUT2D eigenvalue weighted by Crippen LogP contribution is 2.36. The van der Waals surface area contributed by atoms with Crippen LogP contribution in [0.5, 0.6) is 0 Å². The lowest BCUT2D eigenvalue weighted by molar-refractivity contribution is -0.137. The Morgan fingerprint density at radius 3 is 2.71 bits per heavy atom. The van der Waals surface area contributed by atoms with Gasteiger partial charge in [-0.2, -0.15) is 18.2 Å². The van der Waals surface area contributed by atoms with Gasteiger partial charge in [-0.1, -0.05) is 6.07 Å². The van der Waals surface area contributed by atoms with Crippen LogP contribution < -0.4 is 16.0 Å². The molecule has 0 aliphatic carbocycles. The molecule has 184 valence electrons. The highest BCUT2D eigenvalue weighted by Gasteiger charge is 2.36. The van der Waals surface area contributed by atoms with E-state index in [1.807, 2.05) is 0 Å². The molecule has 2 amide bonds. The first-order valence-electron chi connectivity index (χ1n) is 10.8. The van der Waals surface area contributed by atoms with Crippen LogP contribution in [0.2, 0.25) is 0 Å². The predicted molar refractivity (Wildman–Crippen MR) is 124 cm³/mol. The van der Waals surface area contributed by atoms with E-state index >= 15 is 0 Å². The number of hydrogen-bond acceptors (Lipinski definition) is 6. The summed E-state index contributed by atoms with van der Waals surface area (Å²) in [6.07, 6.45) is -2.45. The number of aryl methyl sites for hydroxylation is 1. The molecule has 1 aromatic heterocycles. The van der Waals surface area contributed by atoms with Gasteiger partial charge < -0.3 is 20.9 Å². The van der Waals surface area contributed by atoms with Crippen LogP contribution >= 0.6 is 11.6 Å². The Morgan fingerprint density at radius 2 is 2.03 bits per heavy atom. The first kappa shape index (κ1) is 25.5. The van der Waals surface area contributed by atoms with Crippen molar-refractivity contribution >= 4 is 46.6 Å². The summed E-state index contributed by atoms with van der Waals surface area (Å²) in [6, 6.07) is 4.71. The van der Waals surface area contributed by atoms with Gasteiger partial charge in [-0.25, -0.2) is 4.98 Å². The zero-order valence-corrected chi connectivity index (χ0v) is 19.6. The first-order valence-corrected chi connectivity index (χ1v) is 11.3. The summed E-state index contributed by atoms with van der Waals surface area (Å²) >= 11 is 5.61. The van der Waals surface area contributed by atoms with Gasteiger partial charge in [-0.15, -0.1) is 11.6 Å². The predicted octanol–water partition coefficient (Wildman–Crippen LogP) is 4.54. The molecule has 1 aliphatic heterocycles. The van der Waals surface area contributed by atoms with Crippen LogP contribution in [0.15, 0.2) is 24.4 Å². The maximum absolute atomic E-state index is 13.7. The number of nitrogens with one attached hydrogen (secondary N) is 3. The molecular weight excluding hydrogens is 473 g/mol. The van der Waals surface area contributed by atoms with Crippen LogP contribution in [0.1, 0.15) is 37.3 Å². The Balaban J connectivity index is 1.89. The molecule has 0 saturated carbocycles. The van der Waals surface area contributed by atoms with E-state index in [9.17, 15) is 22.8 Å². The van der Waals surface area contributed by atoms with Crippen molar-refractivity contribution in [3.63, 3.8) is 0 Å². The molecule has 1 aliphatic rings. The van der Waals surface area contributed by atoms with Gasteiger partial charge in [-0.3, -0.25) is 9.59 Å². The third kappa shape index (κ3) is 6.72. The van der Waals surface area contributed by atoms with Gasteiger partial charge in [0.2, 0.25) is 17.8 Å². The fraction of sp³-hybridized carbons (Fsp3) is 0.455. The Hall–Kier alpha value is -3.08. The molecule has 8 nitrogen and oxygen atoms in total. The summed E-state index contributed by atoms with van der Waals surface area (Å²) in [6.45, 7) is 4.32. The van der Waals surface area contributed by atoms with Gasteiger partial charge in [0, 0.05) is 44.6 Å². The molecule has 1 atom stereocenters. The number of benzene rings is 1. The highest BCUT2D eigenvalue weighted by molar-refractivity contribution is 6.19. The third-order valence-electron chi connectivity index (χ3n) is 5.32. The number of aromatic nitrogens is 2. The lowest BCUT2D eigenvalue weighted by Crippen LogP contribution is -2.44. The van der Waals surface area contributed by atoms with E-state index < -0.39 is 17.6 Å². The van der Waals surface area contributed by atoms with Gasteiger partial charge in [0.05, 0.1) is 11.4 Å². The number of anilines is 4. The van der Waals surface area contributed by atoms with Crippen molar-refractivity contribution in [1.82, 2.24) is 14.9 Å². The second-order valence-electron chi connectivity index (χ2n) is 8.06. The SMILES string of the molecule is CC(=O)N1CCC[C@H](Nc2ncc(C(F)(F)F)c(Nc3ccc(C)cc3NC(=O)CCCl)n2)C1. The molecule has 1 saturated heterocycles. The average Bonchev–Trinajstić information content (AvgIpc) is 2.75. The lowest BCUT2D eigenvalue weighted by atomic mass is 10.1. The molecule has 1 aromatic carbocycles. The molecule has 0 spiro atoms. The zero-order chi connectivity index (χ0) is 24.9.